The average molecular weight is 1260 g/mol. The van der Waals surface area contributed by atoms with Gasteiger partial charge in [-0.2, -0.15) is 0 Å². The summed E-state index contributed by atoms with van der Waals surface area (Å²) in [6.07, 6.45) is -24.4. The van der Waals surface area contributed by atoms with Crippen LogP contribution in [0, 0.1) is 0 Å². The Balaban J connectivity index is 1.18. The lowest BCUT2D eigenvalue weighted by molar-refractivity contribution is -0.367. The molecule has 1 aromatic rings. The highest BCUT2D eigenvalue weighted by molar-refractivity contribution is 5.94. The number of aliphatic hydroxyl groups is 12. The Bertz CT molecular complexity index is 2400. The summed E-state index contributed by atoms with van der Waals surface area (Å²) in [6, 6.07) is -2.18. The van der Waals surface area contributed by atoms with Gasteiger partial charge in [0.2, 0.25) is 23.6 Å². The lowest BCUT2D eigenvalue weighted by Crippen LogP contribution is -2.72. The van der Waals surface area contributed by atoms with E-state index in [9.17, 15) is 85.3 Å². The van der Waals surface area contributed by atoms with Gasteiger partial charge in [0, 0.05) is 33.3 Å². The number of rotatable bonds is 29. The number of amides is 5. The molecule has 1 aromatic carbocycles. The first kappa shape index (κ1) is 72.3. The Morgan fingerprint density at radius 3 is 1.24 bits per heavy atom. The third-order valence-electron chi connectivity index (χ3n) is 15.5. The zero-order valence-electron chi connectivity index (χ0n) is 49.6. The minimum atomic E-state index is -2.03. The molecule has 0 bridgehead atoms. The van der Waals surface area contributed by atoms with Gasteiger partial charge in [0.15, 0.2) is 31.5 Å². The van der Waals surface area contributed by atoms with Crippen LogP contribution in [0.15, 0.2) is 36.4 Å². The van der Waals surface area contributed by atoms with E-state index in [4.69, 9.17) is 47.4 Å². The SMILES string of the molecule is CCCCCC/C=C\CCCOc1cccc(C(=O)NC2[C@H](O[C@H]3C(O)C(NC(C)=O)C(OC4C(CO)O[C@@H](O[C@H]5C(O)C(NC(C)=O)C(OC6C(CO)OC(O)[C@@H](NC(C)=O)[C@H]6O)O[C@H]5CO)[C@@H](NC(C)=O)[C@H]4O)O[C@H]3CO)OC(CO)[C@@H](O)[C@@H]2O)c1. The molecule has 0 aromatic heterocycles. The van der Waals surface area contributed by atoms with Gasteiger partial charge in [-0.15, -0.1) is 0 Å². The fourth-order valence-corrected chi connectivity index (χ4v) is 11.1. The topological polar surface area (TPSA) is 481 Å². The summed E-state index contributed by atoms with van der Waals surface area (Å²) < 4.78 is 59.8. The molecular formula is C56H89N5O27. The fourth-order valence-electron chi connectivity index (χ4n) is 11.1. The molecule has 0 aliphatic carbocycles. The first-order valence-corrected chi connectivity index (χ1v) is 29.5. The van der Waals surface area contributed by atoms with E-state index in [2.05, 4.69) is 45.7 Å². The number of aliphatic hydroxyl groups excluding tert-OH is 12. The van der Waals surface area contributed by atoms with Crippen LogP contribution >= 0.6 is 0 Å². The summed E-state index contributed by atoms with van der Waals surface area (Å²) in [6.45, 7) is 2.01. The van der Waals surface area contributed by atoms with E-state index in [0.717, 1.165) is 53.4 Å². The molecular weight excluding hydrogens is 1170 g/mol. The highest BCUT2D eigenvalue weighted by atomic mass is 16.8. The Morgan fingerprint density at radius 2 is 0.830 bits per heavy atom. The summed E-state index contributed by atoms with van der Waals surface area (Å²) in [5.41, 5.74) is 0.0576. The van der Waals surface area contributed by atoms with E-state index in [1.165, 1.54) is 25.0 Å². The number of nitrogens with one attached hydrogen (secondary N) is 5. The van der Waals surface area contributed by atoms with Crippen LogP contribution in [0.5, 0.6) is 5.75 Å². The number of carbonyl (C=O) groups is 5. The highest BCUT2D eigenvalue weighted by Crippen LogP contribution is 2.36. The van der Waals surface area contributed by atoms with Crippen molar-refractivity contribution in [1.82, 2.24) is 26.6 Å². The molecule has 5 heterocycles. The molecule has 5 fully saturated rings. The number of hydrogen-bond acceptors (Lipinski definition) is 27. The van der Waals surface area contributed by atoms with Crippen molar-refractivity contribution in [2.45, 2.75) is 233 Å². The number of unbranched alkanes of at least 4 members (excludes halogenated alkanes) is 5. The molecule has 32 nitrogen and oxygen atoms in total. The van der Waals surface area contributed by atoms with E-state index >= 15 is 0 Å². The smallest absolute Gasteiger partial charge is 0.251 e. The maximum Gasteiger partial charge on any atom is 0.251 e. The van der Waals surface area contributed by atoms with Crippen molar-refractivity contribution in [2.24, 2.45) is 0 Å². The van der Waals surface area contributed by atoms with Crippen LogP contribution in [0.3, 0.4) is 0 Å². The number of carbonyl (C=O) groups excluding carboxylic acids is 5. The van der Waals surface area contributed by atoms with Gasteiger partial charge < -0.3 is 135 Å². The van der Waals surface area contributed by atoms with E-state index in [1.807, 2.05) is 0 Å². The first-order valence-electron chi connectivity index (χ1n) is 29.5. The quantitative estimate of drug-likeness (QED) is 0.0262. The normalized spacial score (nSPS) is 37.8. The summed E-state index contributed by atoms with van der Waals surface area (Å²) in [5.74, 6) is -3.54. The van der Waals surface area contributed by atoms with Gasteiger partial charge in [-0.3, -0.25) is 24.0 Å². The van der Waals surface area contributed by atoms with Gasteiger partial charge in [0.05, 0.1) is 39.6 Å². The molecule has 32 heteroatoms. The number of allylic oxidation sites excluding steroid dienone is 2. The van der Waals surface area contributed by atoms with Crippen LogP contribution in [-0.4, -0.2) is 284 Å². The monoisotopic (exact) mass is 1260 g/mol. The van der Waals surface area contributed by atoms with Gasteiger partial charge >= 0.3 is 0 Å². The zero-order valence-corrected chi connectivity index (χ0v) is 49.6. The van der Waals surface area contributed by atoms with Gasteiger partial charge in [-0.05, 0) is 43.9 Å². The Morgan fingerprint density at radius 1 is 0.455 bits per heavy atom. The maximum atomic E-state index is 13.9. The third-order valence-corrected chi connectivity index (χ3v) is 15.5. The Kier molecular flexibility index (Phi) is 28.5. The number of hydrogen-bond donors (Lipinski definition) is 17. The van der Waals surface area contributed by atoms with Crippen molar-refractivity contribution in [2.75, 3.05) is 39.6 Å². The summed E-state index contributed by atoms with van der Waals surface area (Å²) >= 11 is 0. The standard InChI is InChI=1S/C56H89N5O27/c1-6-7-8-9-10-11-12-13-14-18-79-30-17-15-16-29(19-30)51(77)61-37-42(72)41(71)31(20-62)81-53(37)86-48-33(22-64)83-55(39(44(48)74)59-27(4)69)88-50-35(24-66)84-56(40(46(50)76)60-28(5)70)87-49-34(23-65)82-54(38(45(49)75)58-26(3)68)85-47-32(21-63)80-52(78)36(43(47)73)57-25(2)67/h11-12,15-17,19,31-50,52-56,62-66,71-76,78H,6-10,13-14,18,20-24H2,1-5H3,(H,57,67)(H,58,68)(H,59,69)(H,60,70)(H,61,77)/b12-11-/t31?,32?,33-,34-,35?,36-,37?,38?,39?,40-,41+,42+,43+,44?,45?,46+,47?,48+,49+,50?,52?,53-,54?,55?,56-/m0/s1. The van der Waals surface area contributed by atoms with Crippen molar-refractivity contribution in [3.8, 4) is 5.75 Å². The molecule has 88 heavy (non-hydrogen) atoms. The van der Waals surface area contributed by atoms with Crippen LogP contribution < -0.4 is 31.3 Å². The molecule has 500 valence electrons. The summed E-state index contributed by atoms with van der Waals surface area (Å²) in [4.78, 5) is 64.1. The predicted molar refractivity (Wildman–Crippen MR) is 297 cm³/mol. The van der Waals surface area contributed by atoms with Gasteiger partial charge in [-0.1, -0.05) is 44.4 Å². The van der Waals surface area contributed by atoms with Crippen LogP contribution in [0.25, 0.3) is 0 Å². The van der Waals surface area contributed by atoms with Gasteiger partial charge in [0.1, 0.15) is 128 Å². The molecule has 0 spiro atoms. The zero-order chi connectivity index (χ0) is 64.5. The Labute approximate surface area is 507 Å². The van der Waals surface area contributed by atoms with E-state index in [0.29, 0.717) is 18.8 Å². The van der Waals surface area contributed by atoms with E-state index < -0.39 is 216 Å². The second kappa shape index (κ2) is 34.6. The lowest BCUT2D eigenvalue weighted by Gasteiger charge is -2.51. The largest absolute Gasteiger partial charge is 0.494 e. The van der Waals surface area contributed by atoms with Crippen molar-refractivity contribution in [3.63, 3.8) is 0 Å². The highest BCUT2D eigenvalue weighted by Gasteiger charge is 2.58. The minimum absolute atomic E-state index is 0.0576. The van der Waals surface area contributed by atoms with Crippen LogP contribution in [0.2, 0.25) is 0 Å². The van der Waals surface area contributed by atoms with Crippen LogP contribution in [-0.2, 0) is 61.8 Å². The molecule has 25 atom stereocenters. The van der Waals surface area contributed by atoms with Crippen molar-refractivity contribution in [1.29, 1.82) is 0 Å². The molecule has 5 aliphatic heterocycles. The molecule has 6 rings (SSSR count). The molecule has 0 saturated carbocycles. The third kappa shape index (κ3) is 18.7. The number of benzene rings is 1. The second-order valence-electron chi connectivity index (χ2n) is 22.2. The summed E-state index contributed by atoms with van der Waals surface area (Å²) in [7, 11) is 0. The van der Waals surface area contributed by atoms with Crippen LogP contribution in [0.4, 0.5) is 0 Å². The van der Waals surface area contributed by atoms with Gasteiger partial charge in [0.25, 0.3) is 5.91 Å². The number of ether oxygens (including phenoxy) is 10. The molecule has 17 N–H and O–H groups in total. The molecule has 13 unspecified atom stereocenters. The van der Waals surface area contributed by atoms with E-state index in [-0.39, 0.29) is 5.56 Å². The van der Waals surface area contributed by atoms with Crippen molar-refractivity contribution < 1.29 is 133 Å². The maximum absolute atomic E-state index is 13.9. The first-order chi connectivity index (χ1) is 42.0. The van der Waals surface area contributed by atoms with Crippen LogP contribution in [0.1, 0.15) is 89.9 Å². The minimum Gasteiger partial charge on any atom is -0.494 e. The fraction of sp³-hybridized carbons (Fsp3) is 0.768. The molecule has 5 saturated heterocycles. The van der Waals surface area contributed by atoms with E-state index in [1.54, 1.807) is 12.1 Å². The molecule has 5 aliphatic rings. The average Bonchev–Trinajstić information content (AvgIpc) is 1.44. The summed E-state index contributed by atoms with van der Waals surface area (Å²) in [5, 5.41) is 145. The van der Waals surface area contributed by atoms with Crippen molar-refractivity contribution in [3.05, 3.63) is 42.0 Å². The second-order valence-corrected chi connectivity index (χ2v) is 22.2. The predicted octanol–water partition coefficient (Wildman–Crippen LogP) is -6.23. The lowest BCUT2D eigenvalue weighted by atomic mass is 9.93. The van der Waals surface area contributed by atoms with Crippen molar-refractivity contribution >= 4 is 29.5 Å². The van der Waals surface area contributed by atoms with Gasteiger partial charge in [-0.25, -0.2) is 0 Å². The molecule has 0 radical (unpaired) electrons. The molecule has 5 amide bonds. The Hall–Kier alpha value is -4.73.